The Morgan fingerprint density at radius 2 is 1.82 bits per heavy atom. The van der Waals surface area contributed by atoms with Crippen LogP contribution in [0.15, 0.2) is 59.6 Å². The van der Waals surface area contributed by atoms with Crippen LogP contribution in [-0.4, -0.2) is 35.7 Å². The van der Waals surface area contributed by atoms with Gasteiger partial charge < -0.3 is 5.32 Å². The quantitative estimate of drug-likeness (QED) is 0.838. The number of hydrogen-bond acceptors (Lipinski definition) is 4. The van der Waals surface area contributed by atoms with Crippen molar-refractivity contribution >= 4 is 15.9 Å². The number of fused-ring (bicyclic) bond motifs is 1. The molecule has 1 N–H and O–H groups in total. The number of nitrogens with zero attached hydrogens (tertiary/aromatic N) is 2. The average Bonchev–Trinajstić information content (AvgIpc) is 3.14. The minimum absolute atomic E-state index is 0.0930. The Hall–Kier alpha value is -2.25. The van der Waals surface area contributed by atoms with Crippen molar-refractivity contribution in [2.75, 3.05) is 0 Å². The highest BCUT2D eigenvalue weighted by atomic mass is 32.2. The molecule has 3 atom stereocenters. The summed E-state index contributed by atoms with van der Waals surface area (Å²) in [6, 6.07) is 13.2. The first-order valence-corrected chi connectivity index (χ1v) is 11.3. The molecule has 28 heavy (non-hydrogen) atoms. The fourth-order valence-electron chi connectivity index (χ4n) is 4.50. The molecular weight excluding hydrogens is 374 g/mol. The number of aromatic nitrogens is 1. The summed E-state index contributed by atoms with van der Waals surface area (Å²) in [5.41, 5.74) is 0.753. The Kier molecular flexibility index (Phi) is 5.46. The number of sulfonamides is 1. The van der Waals surface area contributed by atoms with Crippen LogP contribution in [0.3, 0.4) is 0 Å². The monoisotopic (exact) mass is 399 g/mol. The summed E-state index contributed by atoms with van der Waals surface area (Å²) in [5.74, 6) is 0.0115. The molecule has 0 bridgehead atoms. The summed E-state index contributed by atoms with van der Waals surface area (Å²) in [5, 5.41) is 2.90. The second-order valence-corrected chi connectivity index (χ2v) is 9.39. The van der Waals surface area contributed by atoms with Gasteiger partial charge in [-0.05, 0) is 49.4 Å². The van der Waals surface area contributed by atoms with Gasteiger partial charge in [-0.2, -0.15) is 4.31 Å². The predicted molar refractivity (Wildman–Crippen MR) is 106 cm³/mol. The molecular formula is C21H25N3O3S. The van der Waals surface area contributed by atoms with Crippen LogP contribution in [0.5, 0.6) is 0 Å². The van der Waals surface area contributed by atoms with E-state index in [0.717, 1.165) is 31.4 Å². The Balaban J connectivity index is 1.60. The fourth-order valence-corrected chi connectivity index (χ4v) is 6.40. The number of rotatable bonds is 5. The first-order valence-electron chi connectivity index (χ1n) is 9.83. The molecule has 148 valence electrons. The van der Waals surface area contributed by atoms with E-state index in [1.165, 1.54) is 4.31 Å². The molecule has 6 nitrogen and oxygen atoms in total. The maximum Gasteiger partial charge on any atom is 0.244 e. The van der Waals surface area contributed by atoms with E-state index < -0.39 is 16.1 Å². The van der Waals surface area contributed by atoms with E-state index in [2.05, 4.69) is 10.3 Å². The third-order valence-electron chi connectivity index (χ3n) is 5.82. The van der Waals surface area contributed by atoms with Gasteiger partial charge in [0, 0.05) is 12.2 Å². The molecule has 1 saturated carbocycles. The van der Waals surface area contributed by atoms with Crippen LogP contribution in [0.2, 0.25) is 0 Å². The third kappa shape index (κ3) is 3.69. The van der Waals surface area contributed by atoms with E-state index in [4.69, 9.17) is 0 Å². The van der Waals surface area contributed by atoms with E-state index >= 15 is 0 Å². The molecule has 2 heterocycles. The van der Waals surface area contributed by atoms with E-state index in [1.807, 2.05) is 18.2 Å². The smallest absolute Gasteiger partial charge is 0.244 e. The number of benzene rings is 1. The molecule has 0 spiro atoms. The SMILES string of the molecule is O=C(NCc1ccccn1)[C@@H]1C[C@H]2CCCC[C@H]2N1S(=O)(=O)c1ccccc1. The summed E-state index contributed by atoms with van der Waals surface area (Å²) in [6.45, 7) is 0.296. The second kappa shape index (κ2) is 8.01. The van der Waals surface area contributed by atoms with Crippen molar-refractivity contribution in [1.29, 1.82) is 0 Å². The number of carbonyl (C=O) groups excluding carboxylic acids is 1. The van der Waals surface area contributed by atoms with Crippen molar-refractivity contribution in [2.24, 2.45) is 5.92 Å². The molecule has 2 aromatic rings. The lowest BCUT2D eigenvalue weighted by Crippen LogP contribution is -2.49. The highest BCUT2D eigenvalue weighted by Crippen LogP contribution is 2.42. The van der Waals surface area contributed by atoms with E-state index in [0.29, 0.717) is 13.0 Å². The Morgan fingerprint density at radius 3 is 2.57 bits per heavy atom. The maximum atomic E-state index is 13.4. The van der Waals surface area contributed by atoms with Gasteiger partial charge in [0.15, 0.2) is 0 Å². The van der Waals surface area contributed by atoms with Crippen molar-refractivity contribution in [3.63, 3.8) is 0 Å². The van der Waals surface area contributed by atoms with Gasteiger partial charge in [-0.15, -0.1) is 0 Å². The topological polar surface area (TPSA) is 79.4 Å². The summed E-state index contributed by atoms with van der Waals surface area (Å²) >= 11 is 0. The summed E-state index contributed by atoms with van der Waals surface area (Å²) in [6.07, 6.45) is 6.17. The van der Waals surface area contributed by atoms with Crippen LogP contribution in [0.25, 0.3) is 0 Å². The standard InChI is InChI=1S/C21H25N3O3S/c25-21(23-15-17-9-6-7-13-22-17)20-14-16-8-4-5-12-19(16)24(20)28(26,27)18-10-2-1-3-11-18/h1-3,6-7,9-11,13,16,19-20H,4-5,8,12,14-15H2,(H,23,25)/t16-,19-,20+/m1/s1. The maximum absolute atomic E-state index is 13.4. The molecule has 0 unspecified atom stereocenters. The third-order valence-corrected chi connectivity index (χ3v) is 7.77. The second-order valence-electron chi connectivity index (χ2n) is 7.55. The number of pyridine rings is 1. The van der Waals surface area contributed by atoms with Gasteiger partial charge in [0.1, 0.15) is 6.04 Å². The van der Waals surface area contributed by atoms with Crippen LogP contribution < -0.4 is 5.32 Å². The molecule has 2 fully saturated rings. The van der Waals surface area contributed by atoms with Crippen LogP contribution in [0.1, 0.15) is 37.8 Å². The zero-order chi connectivity index (χ0) is 19.6. The van der Waals surface area contributed by atoms with Crippen molar-refractivity contribution in [3.8, 4) is 0 Å². The molecule has 1 aromatic heterocycles. The van der Waals surface area contributed by atoms with Gasteiger partial charge in [0.25, 0.3) is 0 Å². The Morgan fingerprint density at radius 1 is 1.07 bits per heavy atom. The molecule has 1 amide bonds. The van der Waals surface area contributed by atoms with Gasteiger partial charge >= 0.3 is 0 Å². The van der Waals surface area contributed by atoms with Gasteiger partial charge in [-0.25, -0.2) is 8.42 Å². The van der Waals surface area contributed by atoms with Crippen LogP contribution in [0.4, 0.5) is 0 Å². The summed E-state index contributed by atoms with van der Waals surface area (Å²) in [7, 11) is -3.73. The minimum Gasteiger partial charge on any atom is -0.349 e. The van der Waals surface area contributed by atoms with Gasteiger partial charge in [-0.3, -0.25) is 9.78 Å². The van der Waals surface area contributed by atoms with Crippen LogP contribution in [-0.2, 0) is 21.4 Å². The van der Waals surface area contributed by atoms with Crippen molar-refractivity contribution in [2.45, 2.75) is 55.6 Å². The van der Waals surface area contributed by atoms with Crippen LogP contribution >= 0.6 is 0 Å². The van der Waals surface area contributed by atoms with E-state index in [-0.39, 0.29) is 22.8 Å². The number of carbonyl (C=O) groups is 1. The number of amides is 1. The lowest BCUT2D eigenvalue weighted by molar-refractivity contribution is -0.124. The number of nitrogens with one attached hydrogen (secondary N) is 1. The first-order chi connectivity index (χ1) is 13.6. The zero-order valence-electron chi connectivity index (χ0n) is 15.7. The highest BCUT2D eigenvalue weighted by molar-refractivity contribution is 7.89. The molecule has 7 heteroatoms. The molecule has 1 aliphatic carbocycles. The Labute approximate surface area is 166 Å². The number of hydrogen-bond donors (Lipinski definition) is 1. The van der Waals surface area contributed by atoms with E-state index in [9.17, 15) is 13.2 Å². The van der Waals surface area contributed by atoms with E-state index in [1.54, 1.807) is 36.5 Å². The summed E-state index contributed by atoms with van der Waals surface area (Å²) in [4.78, 5) is 17.5. The normalized spacial score (nSPS) is 25.2. The zero-order valence-corrected chi connectivity index (χ0v) is 16.5. The Bertz CT molecular complexity index is 918. The van der Waals surface area contributed by atoms with Crippen molar-refractivity contribution in [1.82, 2.24) is 14.6 Å². The molecule has 1 aliphatic heterocycles. The molecule has 1 aromatic carbocycles. The fraction of sp³-hybridized carbons (Fsp3) is 0.429. The van der Waals surface area contributed by atoms with Gasteiger partial charge in [0.05, 0.1) is 17.1 Å². The minimum atomic E-state index is -3.73. The van der Waals surface area contributed by atoms with Crippen molar-refractivity contribution in [3.05, 3.63) is 60.4 Å². The molecule has 2 aliphatic rings. The van der Waals surface area contributed by atoms with Gasteiger partial charge in [-0.1, -0.05) is 37.1 Å². The van der Waals surface area contributed by atoms with Crippen molar-refractivity contribution < 1.29 is 13.2 Å². The average molecular weight is 400 g/mol. The largest absolute Gasteiger partial charge is 0.349 e. The van der Waals surface area contributed by atoms with Crippen LogP contribution in [0, 0.1) is 5.92 Å². The molecule has 4 rings (SSSR count). The highest BCUT2D eigenvalue weighted by Gasteiger charge is 2.50. The predicted octanol–water partition coefficient (Wildman–Crippen LogP) is 2.72. The lowest BCUT2D eigenvalue weighted by atomic mass is 9.85. The first kappa shape index (κ1) is 19.1. The molecule has 0 radical (unpaired) electrons. The van der Waals surface area contributed by atoms with Gasteiger partial charge in [0.2, 0.25) is 15.9 Å². The molecule has 1 saturated heterocycles. The lowest BCUT2D eigenvalue weighted by Gasteiger charge is -2.32. The summed E-state index contributed by atoms with van der Waals surface area (Å²) < 4.78 is 28.3.